The lowest BCUT2D eigenvalue weighted by Gasteiger charge is -2.15. The summed E-state index contributed by atoms with van der Waals surface area (Å²) in [6, 6.07) is 8.16. The van der Waals surface area contributed by atoms with Gasteiger partial charge in [-0.05, 0) is 43.3 Å². The van der Waals surface area contributed by atoms with Crippen molar-refractivity contribution in [2.75, 3.05) is 0 Å². The molecule has 0 radical (unpaired) electrons. The number of carbonyl (C=O) groups excluding carboxylic acids is 2. The summed E-state index contributed by atoms with van der Waals surface area (Å²) in [5, 5.41) is 0.256. The Kier molecular flexibility index (Phi) is 5.48. The molecule has 1 aromatic heterocycles. The summed E-state index contributed by atoms with van der Waals surface area (Å²) in [5.74, 6) is -1.18. The van der Waals surface area contributed by atoms with Crippen LogP contribution in [-0.2, 0) is 4.79 Å². The molecule has 1 atom stereocenters. The molecule has 0 bridgehead atoms. The molecule has 0 unspecified atom stereocenters. The van der Waals surface area contributed by atoms with Gasteiger partial charge in [-0.2, -0.15) is 0 Å². The van der Waals surface area contributed by atoms with Crippen LogP contribution in [0.4, 0.5) is 4.39 Å². The van der Waals surface area contributed by atoms with Gasteiger partial charge in [-0.3, -0.25) is 20.4 Å². The first-order chi connectivity index (χ1) is 11.0. The fourth-order valence-corrected chi connectivity index (χ4v) is 1.68. The lowest BCUT2D eigenvalue weighted by atomic mass is 10.3. The van der Waals surface area contributed by atoms with Crippen LogP contribution in [0.2, 0.25) is 5.15 Å². The van der Waals surface area contributed by atoms with E-state index in [4.69, 9.17) is 16.3 Å². The molecule has 0 aliphatic heterocycles. The van der Waals surface area contributed by atoms with Crippen LogP contribution < -0.4 is 15.6 Å². The highest BCUT2D eigenvalue weighted by Crippen LogP contribution is 2.12. The summed E-state index contributed by atoms with van der Waals surface area (Å²) in [7, 11) is 0. The predicted octanol–water partition coefficient (Wildman–Crippen LogP) is 2.10. The molecule has 0 aliphatic carbocycles. The summed E-state index contributed by atoms with van der Waals surface area (Å²) in [6.45, 7) is 1.49. The molecule has 23 heavy (non-hydrogen) atoms. The smallest absolute Gasteiger partial charge is 0.279 e. The lowest BCUT2D eigenvalue weighted by Crippen LogP contribution is -2.47. The Morgan fingerprint density at radius 3 is 2.48 bits per heavy atom. The largest absolute Gasteiger partial charge is 0.481 e. The SMILES string of the molecule is C[C@H](Oc1ccc(F)cc1)C(=O)NNC(=O)c1ccc(Cl)nc1. The molecule has 2 rings (SSSR count). The van der Waals surface area contributed by atoms with Crippen LogP contribution in [0, 0.1) is 5.82 Å². The second-order valence-corrected chi connectivity index (χ2v) is 4.91. The number of nitrogens with one attached hydrogen (secondary N) is 2. The van der Waals surface area contributed by atoms with E-state index in [1.54, 1.807) is 0 Å². The zero-order chi connectivity index (χ0) is 16.8. The van der Waals surface area contributed by atoms with Crippen molar-refractivity contribution in [1.29, 1.82) is 0 Å². The molecule has 2 amide bonds. The topological polar surface area (TPSA) is 80.3 Å². The Hall–Kier alpha value is -2.67. The third kappa shape index (κ3) is 4.93. The first kappa shape index (κ1) is 16.7. The van der Waals surface area contributed by atoms with Gasteiger partial charge in [0.25, 0.3) is 11.8 Å². The second-order valence-electron chi connectivity index (χ2n) is 4.53. The quantitative estimate of drug-likeness (QED) is 0.661. The van der Waals surface area contributed by atoms with Gasteiger partial charge in [-0.1, -0.05) is 11.6 Å². The molecule has 1 aromatic carbocycles. The van der Waals surface area contributed by atoms with Crippen LogP contribution in [-0.4, -0.2) is 22.9 Å². The molecule has 6 nitrogen and oxygen atoms in total. The summed E-state index contributed by atoms with van der Waals surface area (Å²) in [5.41, 5.74) is 4.70. The maximum Gasteiger partial charge on any atom is 0.279 e. The Labute approximate surface area is 136 Å². The van der Waals surface area contributed by atoms with E-state index in [0.29, 0.717) is 5.75 Å². The number of ether oxygens (including phenoxy) is 1. The standard InChI is InChI=1S/C15H13ClFN3O3/c1-9(23-12-5-3-11(17)4-6-12)14(21)19-20-15(22)10-2-7-13(16)18-8-10/h2-9H,1H3,(H,19,21)(H,20,22)/t9-/m0/s1. The number of amides is 2. The maximum atomic E-state index is 12.8. The van der Waals surface area contributed by atoms with Gasteiger partial charge in [0, 0.05) is 6.20 Å². The minimum absolute atomic E-state index is 0.238. The van der Waals surface area contributed by atoms with Gasteiger partial charge in [-0.15, -0.1) is 0 Å². The van der Waals surface area contributed by atoms with Crippen molar-refractivity contribution in [3.8, 4) is 5.75 Å². The van der Waals surface area contributed by atoms with E-state index in [2.05, 4.69) is 15.8 Å². The van der Waals surface area contributed by atoms with Crippen molar-refractivity contribution in [3.05, 3.63) is 59.1 Å². The molecule has 2 N–H and O–H groups in total. The number of hydrazine groups is 1. The number of pyridine rings is 1. The van der Waals surface area contributed by atoms with Crippen LogP contribution in [0.5, 0.6) is 5.75 Å². The van der Waals surface area contributed by atoms with Gasteiger partial charge in [0.2, 0.25) is 0 Å². The lowest BCUT2D eigenvalue weighted by molar-refractivity contribution is -0.128. The number of carbonyl (C=O) groups is 2. The molecule has 0 aliphatic rings. The Bertz CT molecular complexity index is 692. The van der Waals surface area contributed by atoms with Gasteiger partial charge >= 0.3 is 0 Å². The summed E-state index contributed by atoms with van der Waals surface area (Å²) in [4.78, 5) is 27.4. The van der Waals surface area contributed by atoms with E-state index in [1.165, 1.54) is 49.5 Å². The Balaban J connectivity index is 1.84. The average molecular weight is 338 g/mol. The minimum Gasteiger partial charge on any atom is -0.481 e. The van der Waals surface area contributed by atoms with Crippen LogP contribution in [0.1, 0.15) is 17.3 Å². The van der Waals surface area contributed by atoms with Gasteiger partial charge in [0.15, 0.2) is 6.10 Å². The van der Waals surface area contributed by atoms with E-state index < -0.39 is 23.7 Å². The Morgan fingerprint density at radius 2 is 1.87 bits per heavy atom. The van der Waals surface area contributed by atoms with E-state index >= 15 is 0 Å². The number of aromatic nitrogens is 1. The summed E-state index contributed by atoms with van der Waals surface area (Å²) in [6.07, 6.45) is 0.395. The normalized spacial score (nSPS) is 11.4. The zero-order valence-corrected chi connectivity index (χ0v) is 12.8. The van der Waals surface area contributed by atoms with E-state index in [9.17, 15) is 14.0 Å². The van der Waals surface area contributed by atoms with E-state index in [1.807, 2.05) is 0 Å². The molecule has 1 heterocycles. The molecule has 0 spiro atoms. The van der Waals surface area contributed by atoms with Crippen molar-refractivity contribution < 1.29 is 18.7 Å². The van der Waals surface area contributed by atoms with Crippen LogP contribution in [0.25, 0.3) is 0 Å². The first-order valence-electron chi connectivity index (χ1n) is 6.59. The predicted molar refractivity (Wildman–Crippen MR) is 81.3 cm³/mol. The maximum absolute atomic E-state index is 12.8. The van der Waals surface area contributed by atoms with E-state index in [-0.39, 0.29) is 10.7 Å². The second kappa shape index (κ2) is 7.55. The number of nitrogens with zero attached hydrogens (tertiary/aromatic N) is 1. The molecular weight excluding hydrogens is 325 g/mol. The Morgan fingerprint density at radius 1 is 1.17 bits per heavy atom. The molecule has 0 saturated heterocycles. The highest BCUT2D eigenvalue weighted by atomic mass is 35.5. The molecule has 8 heteroatoms. The number of benzene rings is 1. The average Bonchev–Trinajstić information content (AvgIpc) is 2.55. The summed E-state index contributed by atoms with van der Waals surface area (Å²) < 4.78 is 18.1. The van der Waals surface area contributed by atoms with Crippen molar-refractivity contribution in [1.82, 2.24) is 15.8 Å². The monoisotopic (exact) mass is 337 g/mol. The molecule has 0 saturated carbocycles. The number of halogens is 2. The van der Waals surface area contributed by atoms with Crippen LogP contribution in [0.15, 0.2) is 42.6 Å². The van der Waals surface area contributed by atoms with Crippen molar-refractivity contribution >= 4 is 23.4 Å². The third-order valence-electron chi connectivity index (χ3n) is 2.78. The fraction of sp³-hybridized carbons (Fsp3) is 0.133. The van der Waals surface area contributed by atoms with Crippen LogP contribution in [0.3, 0.4) is 0 Å². The molecule has 0 fully saturated rings. The van der Waals surface area contributed by atoms with Crippen molar-refractivity contribution in [3.63, 3.8) is 0 Å². The first-order valence-corrected chi connectivity index (χ1v) is 6.97. The van der Waals surface area contributed by atoms with Crippen molar-refractivity contribution in [2.24, 2.45) is 0 Å². The zero-order valence-electron chi connectivity index (χ0n) is 12.0. The van der Waals surface area contributed by atoms with Gasteiger partial charge in [-0.25, -0.2) is 9.37 Å². The minimum atomic E-state index is -0.885. The highest BCUT2D eigenvalue weighted by Gasteiger charge is 2.16. The molecular formula is C15H13ClFN3O3. The molecule has 120 valence electrons. The molecule has 2 aromatic rings. The van der Waals surface area contributed by atoms with E-state index in [0.717, 1.165) is 0 Å². The third-order valence-corrected chi connectivity index (χ3v) is 3.01. The van der Waals surface area contributed by atoms with Gasteiger partial charge in [0.1, 0.15) is 16.7 Å². The summed E-state index contributed by atoms with van der Waals surface area (Å²) >= 11 is 5.62. The fourth-order valence-electron chi connectivity index (χ4n) is 1.57. The number of hydrogen-bond donors (Lipinski definition) is 2. The van der Waals surface area contributed by atoms with Gasteiger partial charge in [0.05, 0.1) is 5.56 Å². The van der Waals surface area contributed by atoms with Gasteiger partial charge < -0.3 is 4.74 Å². The number of hydrogen-bond acceptors (Lipinski definition) is 4. The van der Waals surface area contributed by atoms with Crippen molar-refractivity contribution in [2.45, 2.75) is 13.0 Å². The van der Waals surface area contributed by atoms with Crippen LogP contribution >= 0.6 is 11.6 Å². The highest BCUT2D eigenvalue weighted by molar-refractivity contribution is 6.29. The number of rotatable bonds is 4.